The second kappa shape index (κ2) is 8.83. The molecule has 3 heterocycles. The van der Waals surface area contributed by atoms with Crippen molar-refractivity contribution in [2.75, 3.05) is 13.1 Å². The lowest BCUT2D eigenvalue weighted by Crippen LogP contribution is -2.38. The molecule has 0 N–H and O–H groups in total. The summed E-state index contributed by atoms with van der Waals surface area (Å²) in [6.45, 7) is 5.07. The summed E-state index contributed by atoms with van der Waals surface area (Å²) < 4.78 is 8.18. The molecule has 2 atom stereocenters. The van der Waals surface area contributed by atoms with Gasteiger partial charge in [-0.25, -0.2) is 4.98 Å². The van der Waals surface area contributed by atoms with Gasteiger partial charge < -0.3 is 9.64 Å². The van der Waals surface area contributed by atoms with E-state index in [1.165, 1.54) is 6.08 Å². The molecule has 1 aliphatic heterocycles. The van der Waals surface area contributed by atoms with Crippen molar-refractivity contribution in [1.82, 2.24) is 19.3 Å². The van der Waals surface area contributed by atoms with Gasteiger partial charge >= 0.3 is 0 Å². The van der Waals surface area contributed by atoms with Crippen LogP contribution in [0, 0.1) is 0 Å². The van der Waals surface area contributed by atoms with Gasteiger partial charge in [-0.15, -0.1) is 0 Å². The Labute approximate surface area is 187 Å². The fourth-order valence-electron chi connectivity index (χ4n) is 4.52. The minimum atomic E-state index is -0.0140. The number of ether oxygens (including phenoxy) is 1. The van der Waals surface area contributed by atoms with E-state index in [9.17, 15) is 4.79 Å². The Morgan fingerprint density at radius 2 is 2.12 bits per heavy atom. The minimum Gasteiger partial charge on any atom is -0.486 e. The number of benzene rings is 1. The predicted molar refractivity (Wildman–Crippen MR) is 124 cm³/mol. The summed E-state index contributed by atoms with van der Waals surface area (Å²) in [7, 11) is 0. The Bertz CT molecular complexity index is 1200. The number of imidazole rings is 1. The van der Waals surface area contributed by atoms with Gasteiger partial charge in [0.15, 0.2) is 0 Å². The molecule has 1 aliphatic carbocycles. The molecule has 1 fully saturated rings. The zero-order valence-corrected chi connectivity index (χ0v) is 17.9. The molecular formula is C26H26N4O2. The molecular weight excluding hydrogens is 400 g/mol. The second-order valence-electron chi connectivity index (χ2n) is 8.20. The number of carbonyl (C=O) groups is 1. The van der Waals surface area contributed by atoms with Gasteiger partial charge in [0.1, 0.15) is 17.7 Å². The van der Waals surface area contributed by atoms with Gasteiger partial charge in [-0.2, -0.15) is 0 Å². The lowest BCUT2D eigenvalue weighted by Gasteiger charge is -2.31. The van der Waals surface area contributed by atoms with E-state index in [0.717, 1.165) is 54.2 Å². The van der Waals surface area contributed by atoms with Gasteiger partial charge in [0, 0.05) is 37.8 Å². The third kappa shape index (κ3) is 3.96. The number of aromatic nitrogens is 3. The SMILES string of the molecule is C=CC(=O)N1CCC[C@H](c2nc(C3=CCC(Oc4ccccc4)C=C3)c3cnccn23)C1. The highest BCUT2D eigenvalue weighted by atomic mass is 16.5. The zero-order valence-electron chi connectivity index (χ0n) is 17.9. The van der Waals surface area contributed by atoms with Gasteiger partial charge in [0.05, 0.1) is 17.4 Å². The third-order valence-electron chi connectivity index (χ3n) is 6.11. The van der Waals surface area contributed by atoms with Crippen molar-refractivity contribution >= 4 is 17.0 Å². The number of para-hydroxylation sites is 1. The number of likely N-dealkylation sites (tertiary alicyclic amines) is 1. The lowest BCUT2D eigenvalue weighted by atomic mass is 9.97. The van der Waals surface area contributed by atoms with E-state index in [2.05, 4.69) is 34.2 Å². The highest BCUT2D eigenvalue weighted by Crippen LogP contribution is 2.32. The van der Waals surface area contributed by atoms with E-state index < -0.39 is 0 Å². The van der Waals surface area contributed by atoms with Crippen molar-refractivity contribution in [1.29, 1.82) is 0 Å². The third-order valence-corrected chi connectivity index (χ3v) is 6.11. The van der Waals surface area contributed by atoms with Crippen LogP contribution >= 0.6 is 0 Å². The number of amides is 1. The number of fused-ring (bicyclic) bond motifs is 1. The Hall–Kier alpha value is -3.67. The first-order chi connectivity index (χ1) is 15.7. The minimum absolute atomic E-state index is 0.00411. The van der Waals surface area contributed by atoms with Crippen LogP contribution in [0.4, 0.5) is 0 Å². The van der Waals surface area contributed by atoms with Gasteiger partial charge in [-0.05, 0) is 42.7 Å². The molecule has 1 amide bonds. The average Bonchev–Trinajstić information content (AvgIpc) is 3.24. The number of rotatable bonds is 5. The van der Waals surface area contributed by atoms with Crippen LogP contribution in [0.1, 0.15) is 36.7 Å². The van der Waals surface area contributed by atoms with Crippen molar-refractivity contribution in [3.05, 3.63) is 91.3 Å². The molecule has 0 bridgehead atoms. The molecule has 162 valence electrons. The van der Waals surface area contributed by atoms with Crippen molar-refractivity contribution < 1.29 is 9.53 Å². The maximum absolute atomic E-state index is 12.2. The maximum atomic E-state index is 12.2. The summed E-state index contributed by atoms with van der Waals surface area (Å²) in [6.07, 6.45) is 16.1. The molecule has 6 heteroatoms. The van der Waals surface area contributed by atoms with Gasteiger partial charge in [0.25, 0.3) is 0 Å². The molecule has 0 spiro atoms. The first kappa shape index (κ1) is 20.2. The first-order valence-corrected chi connectivity index (χ1v) is 11.1. The predicted octanol–water partition coefficient (Wildman–Crippen LogP) is 4.41. The Morgan fingerprint density at radius 1 is 1.25 bits per heavy atom. The van der Waals surface area contributed by atoms with Crippen LogP contribution in [0.2, 0.25) is 0 Å². The topological polar surface area (TPSA) is 59.7 Å². The quantitative estimate of drug-likeness (QED) is 0.567. The fourth-order valence-corrected chi connectivity index (χ4v) is 4.52. The molecule has 1 aromatic carbocycles. The molecule has 0 radical (unpaired) electrons. The first-order valence-electron chi connectivity index (χ1n) is 11.1. The summed E-state index contributed by atoms with van der Waals surface area (Å²) in [4.78, 5) is 23.4. The van der Waals surface area contributed by atoms with E-state index in [1.54, 1.807) is 6.20 Å². The van der Waals surface area contributed by atoms with Crippen LogP contribution < -0.4 is 4.74 Å². The van der Waals surface area contributed by atoms with E-state index in [4.69, 9.17) is 9.72 Å². The van der Waals surface area contributed by atoms with E-state index in [-0.39, 0.29) is 17.9 Å². The van der Waals surface area contributed by atoms with Gasteiger partial charge in [-0.3, -0.25) is 14.2 Å². The Morgan fingerprint density at radius 3 is 2.91 bits per heavy atom. The summed E-state index contributed by atoms with van der Waals surface area (Å²) in [6, 6.07) is 9.88. The Balaban J connectivity index is 1.40. The second-order valence-corrected chi connectivity index (χ2v) is 8.20. The summed E-state index contributed by atoms with van der Waals surface area (Å²) in [5.74, 6) is 2.02. The van der Waals surface area contributed by atoms with E-state index in [1.807, 2.05) is 47.6 Å². The maximum Gasteiger partial charge on any atom is 0.245 e. The zero-order chi connectivity index (χ0) is 21.9. The highest BCUT2D eigenvalue weighted by Gasteiger charge is 2.28. The van der Waals surface area contributed by atoms with Crippen LogP contribution in [0.25, 0.3) is 11.1 Å². The van der Waals surface area contributed by atoms with Crippen LogP contribution in [0.5, 0.6) is 5.75 Å². The van der Waals surface area contributed by atoms with Crippen LogP contribution in [-0.4, -0.2) is 44.4 Å². The molecule has 6 nitrogen and oxygen atoms in total. The van der Waals surface area contributed by atoms with E-state index in [0.29, 0.717) is 6.54 Å². The lowest BCUT2D eigenvalue weighted by molar-refractivity contribution is -0.127. The monoisotopic (exact) mass is 426 g/mol. The largest absolute Gasteiger partial charge is 0.486 e. The number of allylic oxidation sites excluding steroid dienone is 2. The molecule has 0 saturated carbocycles. The molecule has 1 saturated heterocycles. The molecule has 2 aliphatic rings. The normalized spacial score (nSPS) is 20.8. The fraction of sp³-hybridized carbons (Fsp3) is 0.269. The van der Waals surface area contributed by atoms with Gasteiger partial charge in [-0.1, -0.05) is 36.9 Å². The molecule has 5 rings (SSSR count). The summed E-state index contributed by atoms with van der Waals surface area (Å²) in [5, 5.41) is 0. The van der Waals surface area contributed by atoms with Crippen LogP contribution in [-0.2, 0) is 4.79 Å². The van der Waals surface area contributed by atoms with Crippen molar-refractivity contribution in [2.45, 2.75) is 31.3 Å². The van der Waals surface area contributed by atoms with Crippen molar-refractivity contribution in [3.8, 4) is 5.75 Å². The number of carbonyl (C=O) groups excluding carboxylic acids is 1. The summed E-state index contributed by atoms with van der Waals surface area (Å²) >= 11 is 0. The van der Waals surface area contributed by atoms with Crippen LogP contribution in [0.15, 0.2) is 79.8 Å². The van der Waals surface area contributed by atoms with Crippen molar-refractivity contribution in [2.24, 2.45) is 0 Å². The van der Waals surface area contributed by atoms with Gasteiger partial charge in [0.2, 0.25) is 5.91 Å². The summed E-state index contributed by atoms with van der Waals surface area (Å²) in [5.41, 5.74) is 2.98. The van der Waals surface area contributed by atoms with E-state index >= 15 is 0 Å². The number of hydrogen-bond donors (Lipinski definition) is 0. The van der Waals surface area contributed by atoms with Crippen LogP contribution in [0.3, 0.4) is 0 Å². The number of hydrogen-bond acceptors (Lipinski definition) is 4. The standard InChI is InChI=1S/C26H26N4O2/c1-2-24(31)29-15-6-7-20(18-29)26-28-25(23-17-27-14-16-30(23)26)19-10-12-22(13-11-19)32-21-8-4-3-5-9-21/h2-5,8-12,14,16-17,20,22H,1,6-7,13,15,18H2/t20-,22?/m0/s1. The molecule has 32 heavy (non-hydrogen) atoms. The molecule has 1 unspecified atom stereocenters. The van der Waals surface area contributed by atoms with Crippen molar-refractivity contribution in [3.63, 3.8) is 0 Å². The molecule has 2 aromatic heterocycles. The smallest absolute Gasteiger partial charge is 0.245 e. The molecule has 3 aromatic rings. The average molecular weight is 427 g/mol. The Kier molecular flexibility index (Phi) is 5.58. The number of piperidine rings is 1. The highest BCUT2D eigenvalue weighted by molar-refractivity contribution is 5.87. The number of nitrogens with zero attached hydrogens (tertiary/aromatic N) is 4.